The lowest BCUT2D eigenvalue weighted by atomic mass is 10.3. The first-order valence-corrected chi connectivity index (χ1v) is 7.55. The number of hydrogen-bond acceptors (Lipinski definition) is 6. The van der Waals surface area contributed by atoms with Crippen molar-refractivity contribution in [2.24, 2.45) is 0 Å². The number of anilines is 2. The van der Waals surface area contributed by atoms with Gasteiger partial charge in [-0.15, -0.1) is 0 Å². The zero-order chi connectivity index (χ0) is 16.9. The number of rotatable bonds is 2. The Morgan fingerprint density at radius 3 is 2.25 bits per heavy atom. The number of carbonyl (C=O) groups excluding carboxylic acids is 2. The predicted octanol–water partition coefficient (Wildman–Crippen LogP) is 0.469. The monoisotopic (exact) mass is 327 g/mol. The van der Waals surface area contributed by atoms with E-state index in [4.69, 9.17) is 0 Å². The van der Waals surface area contributed by atoms with E-state index in [2.05, 4.69) is 15.3 Å². The van der Waals surface area contributed by atoms with E-state index in [1.54, 1.807) is 18.5 Å². The molecule has 124 valence electrons. The minimum Gasteiger partial charge on any atom is -0.508 e. The van der Waals surface area contributed by atoms with Crippen LogP contribution in [0.5, 0.6) is 5.75 Å². The van der Waals surface area contributed by atoms with Crippen LogP contribution in [0.2, 0.25) is 0 Å². The number of phenols is 1. The van der Waals surface area contributed by atoms with Crippen LogP contribution in [0, 0.1) is 0 Å². The second-order valence-electron chi connectivity index (χ2n) is 5.33. The summed E-state index contributed by atoms with van der Waals surface area (Å²) in [5, 5.41) is 11.7. The van der Waals surface area contributed by atoms with Crippen molar-refractivity contribution >= 4 is 23.5 Å². The Hall–Kier alpha value is -3.16. The number of aromatic nitrogens is 2. The van der Waals surface area contributed by atoms with Crippen LogP contribution in [0.4, 0.5) is 11.6 Å². The molecule has 1 aromatic carbocycles. The van der Waals surface area contributed by atoms with Crippen molar-refractivity contribution in [3.05, 3.63) is 42.7 Å². The molecule has 8 heteroatoms. The summed E-state index contributed by atoms with van der Waals surface area (Å²) in [6.07, 6.45) is 3.34. The second-order valence-corrected chi connectivity index (χ2v) is 5.33. The maximum Gasteiger partial charge on any atom is 0.313 e. The number of phenolic OH excluding ortho intramolecular Hbond substituents is 1. The molecule has 1 aromatic heterocycles. The summed E-state index contributed by atoms with van der Waals surface area (Å²) in [5.41, 5.74) is 0.461. The molecule has 1 aliphatic heterocycles. The van der Waals surface area contributed by atoms with Gasteiger partial charge in [0.2, 0.25) is 5.95 Å². The van der Waals surface area contributed by atoms with Gasteiger partial charge in [-0.25, -0.2) is 9.97 Å². The molecule has 1 saturated heterocycles. The first kappa shape index (κ1) is 15.7. The summed E-state index contributed by atoms with van der Waals surface area (Å²) in [4.78, 5) is 36.1. The Morgan fingerprint density at radius 1 is 1.00 bits per heavy atom. The first-order valence-electron chi connectivity index (χ1n) is 7.55. The molecular formula is C16H17N5O3. The zero-order valence-electron chi connectivity index (χ0n) is 12.9. The van der Waals surface area contributed by atoms with Gasteiger partial charge in [0, 0.05) is 44.3 Å². The molecule has 0 spiro atoms. The van der Waals surface area contributed by atoms with E-state index in [-0.39, 0.29) is 5.75 Å². The Morgan fingerprint density at radius 2 is 1.62 bits per heavy atom. The SMILES string of the molecule is O=C(Nc1ccc(O)cc1)C(=O)N1CCN(c2ncccn2)CC1. The molecule has 0 saturated carbocycles. The van der Waals surface area contributed by atoms with E-state index in [1.165, 1.54) is 29.2 Å². The van der Waals surface area contributed by atoms with Crippen LogP contribution in [0.25, 0.3) is 0 Å². The van der Waals surface area contributed by atoms with E-state index in [1.807, 2.05) is 4.90 Å². The number of amides is 2. The van der Waals surface area contributed by atoms with Gasteiger partial charge in [-0.05, 0) is 30.3 Å². The topological polar surface area (TPSA) is 98.7 Å². The van der Waals surface area contributed by atoms with Crippen LogP contribution < -0.4 is 10.2 Å². The average Bonchev–Trinajstić information content (AvgIpc) is 2.64. The molecule has 3 rings (SSSR count). The number of carbonyl (C=O) groups is 2. The van der Waals surface area contributed by atoms with Gasteiger partial charge in [0.1, 0.15) is 5.75 Å². The van der Waals surface area contributed by atoms with Gasteiger partial charge >= 0.3 is 11.8 Å². The molecule has 2 N–H and O–H groups in total. The van der Waals surface area contributed by atoms with Crippen LogP contribution in [0.1, 0.15) is 0 Å². The highest BCUT2D eigenvalue weighted by Gasteiger charge is 2.26. The van der Waals surface area contributed by atoms with E-state index in [0.29, 0.717) is 37.8 Å². The van der Waals surface area contributed by atoms with Gasteiger partial charge < -0.3 is 20.2 Å². The summed E-state index contributed by atoms with van der Waals surface area (Å²) in [6, 6.07) is 7.70. The van der Waals surface area contributed by atoms with Gasteiger partial charge in [-0.1, -0.05) is 0 Å². The molecule has 0 bridgehead atoms. The number of benzene rings is 1. The van der Waals surface area contributed by atoms with Crippen molar-refractivity contribution in [1.82, 2.24) is 14.9 Å². The Bertz CT molecular complexity index is 712. The molecule has 1 fully saturated rings. The Labute approximate surface area is 138 Å². The number of hydrogen-bond donors (Lipinski definition) is 2. The van der Waals surface area contributed by atoms with Crippen molar-refractivity contribution in [2.45, 2.75) is 0 Å². The van der Waals surface area contributed by atoms with Crippen LogP contribution >= 0.6 is 0 Å². The fourth-order valence-corrected chi connectivity index (χ4v) is 2.44. The summed E-state index contributed by atoms with van der Waals surface area (Å²) >= 11 is 0. The number of nitrogens with one attached hydrogen (secondary N) is 1. The number of aromatic hydroxyl groups is 1. The standard InChI is InChI=1S/C16H17N5O3/c22-13-4-2-12(3-5-13)19-14(23)15(24)20-8-10-21(11-9-20)16-17-6-1-7-18-16/h1-7,22H,8-11H2,(H,19,23). The number of piperazine rings is 1. The third-order valence-corrected chi connectivity index (χ3v) is 3.72. The molecule has 1 aliphatic rings. The highest BCUT2D eigenvalue weighted by atomic mass is 16.3. The highest BCUT2D eigenvalue weighted by molar-refractivity contribution is 6.39. The fraction of sp³-hybridized carbons (Fsp3) is 0.250. The maximum absolute atomic E-state index is 12.2. The first-order chi connectivity index (χ1) is 11.6. The van der Waals surface area contributed by atoms with Crippen molar-refractivity contribution < 1.29 is 14.7 Å². The van der Waals surface area contributed by atoms with Gasteiger partial charge in [0.25, 0.3) is 0 Å². The van der Waals surface area contributed by atoms with E-state index in [0.717, 1.165) is 0 Å². The van der Waals surface area contributed by atoms with E-state index < -0.39 is 11.8 Å². The van der Waals surface area contributed by atoms with Crippen molar-refractivity contribution in [1.29, 1.82) is 0 Å². The molecule has 0 aliphatic carbocycles. The Kier molecular flexibility index (Phi) is 4.55. The summed E-state index contributed by atoms with van der Waals surface area (Å²) in [6.45, 7) is 2.00. The van der Waals surface area contributed by atoms with Crippen LogP contribution in [0.3, 0.4) is 0 Å². The number of nitrogens with zero attached hydrogens (tertiary/aromatic N) is 4. The normalized spacial score (nSPS) is 14.3. The molecule has 0 unspecified atom stereocenters. The minimum atomic E-state index is -0.690. The van der Waals surface area contributed by atoms with Gasteiger partial charge in [0.15, 0.2) is 0 Å². The van der Waals surface area contributed by atoms with E-state index >= 15 is 0 Å². The zero-order valence-corrected chi connectivity index (χ0v) is 12.9. The smallest absolute Gasteiger partial charge is 0.313 e. The largest absolute Gasteiger partial charge is 0.508 e. The summed E-state index contributed by atoms with van der Waals surface area (Å²) in [5.74, 6) is -0.543. The molecule has 8 nitrogen and oxygen atoms in total. The summed E-state index contributed by atoms with van der Waals surface area (Å²) in [7, 11) is 0. The molecule has 2 heterocycles. The predicted molar refractivity (Wildman–Crippen MR) is 87.6 cm³/mol. The van der Waals surface area contributed by atoms with Crippen LogP contribution in [0.15, 0.2) is 42.7 Å². The average molecular weight is 327 g/mol. The quantitative estimate of drug-likeness (QED) is 0.614. The molecular weight excluding hydrogens is 310 g/mol. The minimum absolute atomic E-state index is 0.0959. The fourth-order valence-electron chi connectivity index (χ4n) is 2.44. The van der Waals surface area contributed by atoms with Gasteiger partial charge in [-0.3, -0.25) is 9.59 Å². The summed E-state index contributed by atoms with van der Waals surface area (Å²) < 4.78 is 0. The highest BCUT2D eigenvalue weighted by Crippen LogP contribution is 2.14. The van der Waals surface area contributed by atoms with Crippen molar-refractivity contribution in [3.8, 4) is 5.75 Å². The lowest BCUT2D eigenvalue weighted by Gasteiger charge is -2.34. The molecule has 0 atom stereocenters. The van der Waals surface area contributed by atoms with Gasteiger partial charge in [0.05, 0.1) is 0 Å². The molecule has 0 radical (unpaired) electrons. The molecule has 2 aromatic rings. The van der Waals surface area contributed by atoms with Crippen molar-refractivity contribution in [3.63, 3.8) is 0 Å². The Balaban J connectivity index is 1.54. The van der Waals surface area contributed by atoms with Crippen LogP contribution in [-0.2, 0) is 9.59 Å². The maximum atomic E-state index is 12.2. The third kappa shape index (κ3) is 3.60. The van der Waals surface area contributed by atoms with E-state index in [9.17, 15) is 14.7 Å². The van der Waals surface area contributed by atoms with Gasteiger partial charge in [-0.2, -0.15) is 0 Å². The van der Waals surface area contributed by atoms with Crippen molar-refractivity contribution in [2.75, 3.05) is 36.4 Å². The molecule has 2 amide bonds. The molecule has 24 heavy (non-hydrogen) atoms. The lowest BCUT2D eigenvalue weighted by molar-refractivity contribution is -0.143. The third-order valence-electron chi connectivity index (χ3n) is 3.72. The lowest BCUT2D eigenvalue weighted by Crippen LogP contribution is -2.52. The second kappa shape index (κ2) is 6.95. The van der Waals surface area contributed by atoms with Crippen LogP contribution in [-0.4, -0.2) is 58.0 Å².